The van der Waals surface area contributed by atoms with Gasteiger partial charge in [0.2, 0.25) is 0 Å². The lowest BCUT2D eigenvalue weighted by atomic mass is 9.68. The Morgan fingerprint density at radius 2 is 2.03 bits per heavy atom. The van der Waals surface area contributed by atoms with Gasteiger partial charge in [0.25, 0.3) is 5.89 Å². The SMILES string of the molecule is CC(C)Oc1ccc(-c2nc(C3(CNC4CC4c4ccccc4)CCC3)no2)cc1C#N. The summed E-state index contributed by atoms with van der Waals surface area (Å²) in [6.07, 6.45) is 4.48. The van der Waals surface area contributed by atoms with E-state index >= 15 is 0 Å². The summed E-state index contributed by atoms with van der Waals surface area (Å²) in [6.45, 7) is 4.74. The molecule has 0 bridgehead atoms. The predicted molar refractivity (Wildman–Crippen MR) is 121 cm³/mol. The van der Waals surface area contributed by atoms with Crippen molar-refractivity contribution in [3.05, 3.63) is 65.5 Å². The van der Waals surface area contributed by atoms with E-state index in [1.54, 1.807) is 12.1 Å². The molecular weight excluding hydrogens is 400 g/mol. The summed E-state index contributed by atoms with van der Waals surface area (Å²) in [5.74, 6) is 2.39. The molecule has 0 spiro atoms. The zero-order valence-corrected chi connectivity index (χ0v) is 18.5. The molecule has 2 aliphatic rings. The Morgan fingerprint density at radius 3 is 2.72 bits per heavy atom. The third-order valence-electron chi connectivity index (χ3n) is 6.64. The average Bonchev–Trinajstić information content (AvgIpc) is 3.39. The summed E-state index contributed by atoms with van der Waals surface area (Å²) in [7, 11) is 0. The Morgan fingerprint density at radius 1 is 1.22 bits per heavy atom. The minimum Gasteiger partial charge on any atom is -0.490 e. The van der Waals surface area contributed by atoms with Crippen LogP contribution in [-0.4, -0.2) is 28.8 Å². The van der Waals surface area contributed by atoms with E-state index in [9.17, 15) is 5.26 Å². The molecule has 2 saturated carbocycles. The minimum absolute atomic E-state index is 0.00175. The molecule has 32 heavy (non-hydrogen) atoms. The molecule has 6 nitrogen and oxygen atoms in total. The van der Waals surface area contributed by atoms with Crippen molar-refractivity contribution >= 4 is 0 Å². The van der Waals surface area contributed by atoms with E-state index in [1.165, 1.54) is 18.4 Å². The van der Waals surface area contributed by atoms with Crippen molar-refractivity contribution < 1.29 is 9.26 Å². The van der Waals surface area contributed by atoms with Crippen LogP contribution >= 0.6 is 0 Å². The van der Waals surface area contributed by atoms with Crippen LogP contribution in [0.4, 0.5) is 0 Å². The molecular formula is C26H28N4O2. The number of hydrogen-bond donors (Lipinski definition) is 1. The molecule has 5 rings (SSSR count). The van der Waals surface area contributed by atoms with Gasteiger partial charge in [-0.15, -0.1) is 0 Å². The van der Waals surface area contributed by atoms with Gasteiger partial charge in [0.05, 0.1) is 11.7 Å². The standard InChI is InChI=1S/C26H28N4O2/c1-17(2)31-23-10-9-19(13-20(23)15-27)24-29-25(30-32-24)26(11-6-12-26)16-28-22-14-21(22)18-7-4-3-5-8-18/h3-5,7-10,13,17,21-22,28H,6,11-12,14,16H2,1-2H3. The molecule has 164 valence electrons. The van der Waals surface area contributed by atoms with Crippen molar-refractivity contribution in [3.63, 3.8) is 0 Å². The highest BCUT2D eigenvalue weighted by atomic mass is 16.5. The Balaban J connectivity index is 1.29. The van der Waals surface area contributed by atoms with Crippen LogP contribution in [-0.2, 0) is 5.41 Å². The van der Waals surface area contributed by atoms with E-state index in [-0.39, 0.29) is 11.5 Å². The molecule has 0 radical (unpaired) electrons. The Kier molecular flexibility index (Phi) is 5.44. The first-order valence-corrected chi connectivity index (χ1v) is 11.4. The van der Waals surface area contributed by atoms with Gasteiger partial charge in [-0.3, -0.25) is 0 Å². The van der Waals surface area contributed by atoms with Crippen molar-refractivity contribution in [2.24, 2.45) is 0 Å². The van der Waals surface area contributed by atoms with Gasteiger partial charge in [-0.1, -0.05) is 41.9 Å². The van der Waals surface area contributed by atoms with E-state index < -0.39 is 0 Å². The second-order valence-corrected chi connectivity index (χ2v) is 9.29. The van der Waals surface area contributed by atoms with Crippen molar-refractivity contribution in [3.8, 4) is 23.3 Å². The van der Waals surface area contributed by atoms with Gasteiger partial charge in [-0.05, 0) is 56.9 Å². The number of benzene rings is 2. The van der Waals surface area contributed by atoms with E-state index in [1.807, 2.05) is 19.9 Å². The van der Waals surface area contributed by atoms with Crippen molar-refractivity contribution in [2.45, 2.75) is 63.0 Å². The third kappa shape index (κ3) is 4.01. The lowest BCUT2D eigenvalue weighted by Gasteiger charge is -2.39. The van der Waals surface area contributed by atoms with Crippen LogP contribution in [0.15, 0.2) is 53.1 Å². The zero-order valence-electron chi connectivity index (χ0n) is 18.5. The van der Waals surface area contributed by atoms with Gasteiger partial charge < -0.3 is 14.6 Å². The minimum atomic E-state index is -0.0651. The largest absolute Gasteiger partial charge is 0.490 e. The van der Waals surface area contributed by atoms with Gasteiger partial charge in [-0.25, -0.2) is 0 Å². The quantitative estimate of drug-likeness (QED) is 0.546. The molecule has 2 aromatic carbocycles. The highest BCUT2D eigenvalue weighted by Crippen LogP contribution is 2.45. The van der Waals surface area contributed by atoms with Crippen LogP contribution < -0.4 is 10.1 Å². The van der Waals surface area contributed by atoms with Crippen LogP contribution in [0.3, 0.4) is 0 Å². The summed E-state index contributed by atoms with van der Waals surface area (Å²) >= 11 is 0. The second kappa shape index (κ2) is 8.40. The van der Waals surface area contributed by atoms with E-state index in [0.717, 1.165) is 30.8 Å². The van der Waals surface area contributed by atoms with Gasteiger partial charge in [0.15, 0.2) is 5.82 Å². The normalized spacial score (nSPS) is 21.1. The molecule has 2 fully saturated rings. The molecule has 3 aromatic rings. The smallest absolute Gasteiger partial charge is 0.257 e. The number of nitriles is 1. The second-order valence-electron chi connectivity index (χ2n) is 9.29. The fourth-order valence-electron chi connectivity index (χ4n) is 4.56. The highest BCUT2D eigenvalue weighted by Gasteiger charge is 2.46. The molecule has 2 unspecified atom stereocenters. The Hall–Kier alpha value is -3.17. The summed E-state index contributed by atoms with van der Waals surface area (Å²) in [6, 6.07) is 18.9. The number of rotatable bonds is 8. The monoisotopic (exact) mass is 428 g/mol. The van der Waals surface area contributed by atoms with Crippen LogP contribution in [0.5, 0.6) is 5.75 Å². The van der Waals surface area contributed by atoms with Crippen LogP contribution in [0.25, 0.3) is 11.5 Å². The number of nitrogens with one attached hydrogen (secondary N) is 1. The van der Waals surface area contributed by atoms with Gasteiger partial charge in [0, 0.05) is 29.5 Å². The van der Waals surface area contributed by atoms with Crippen molar-refractivity contribution in [2.75, 3.05) is 6.54 Å². The maximum Gasteiger partial charge on any atom is 0.257 e. The molecule has 1 aromatic heterocycles. The summed E-state index contributed by atoms with van der Waals surface area (Å²) in [5, 5.41) is 17.6. The summed E-state index contributed by atoms with van der Waals surface area (Å²) in [5.41, 5.74) is 2.55. The van der Waals surface area contributed by atoms with Crippen molar-refractivity contribution in [1.29, 1.82) is 5.26 Å². The number of ether oxygens (including phenoxy) is 1. The summed E-state index contributed by atoms with van der Waals surface area (Å²) in [4.78, 5) is 4.75. The average molecular weight is 429 g/mol. The van der Waals surface area contributed by atoms with Gasteiger partial charge >= 0.3 is 0 Å². The van der Waals surface area contributed by atoms with Crippen molar-refractivity contribution in [1.82, 2.24) is 15.5 Å². The predicted octanol–water partition coefficient (Wildman–Crippen LogP) is 4.96. The first-order chi connectivity index (χ1) is 15.6. The number of nitrogens with zero attached hydrogens (tertiary/aromatic N) is 3. The summed E-state index contributed by atoms with van der Waals surface area (Å²) < 4.78 is 11.3. The lowest BCUT2D eigenvalue weighted by molar-refractivity contribution is 0.211. The molecule has 2 aliphatic carbocycles. The lowest BCUT2D eigenvalue weighted by Crippen LogP contribution is -2.45. The first kappa shape index (κ1) is 20.7. The number of aromatic nitrogens is 2. The fraction of sp³-hybridized carbons (Fsp3) is 0.423. The van der Waals surface area contributed by atoms with Crippen LogP contribution in [0.2, 0.25) is 0 Å². The van der Waals surface area contributed by atoms with E-state index in [2.05, 4.69) is 46.9 Å². The molecule has 0 saturated heterocycles. The molecule has 1 heterocycles. The molecule has 2 atom stereocenters. The fourth-order valence-corrected chi connectivity index (χ4v) is 4.56. The van der Waals surface area contributed by atoms with E-state index in [4.69, 9.17) is 14.2 Å². The molecule has 0 amide bonds. The highest BCUT2D eigenvalue weighted by molar-refractivity contribution is 5.60. The Bertz CT molecular complexity index is 1130. The van der Waals surface area contributed by atoms with Crippen LogP contribution in [0, 0.1) is 11.3 Å². The maximum atomic E-state index is 9.51. The van der Waals surface area contributed by atoms with Gasteiger partial charge in [0.1, 0.15) is 11.8 Å². The zero-order chi connectivity index (χ0) is 22.1. The third-order valence-corrected chi connectivity index (χ3v) is 6.64. The number of hydrogen-bond acceptors (Lipinski definition) is 6. The molecule has 0 aliphatic heterocycles. The van der Waals surface area contributed by atoms with Crippen LogP contribution in [0.1, 0.15) is 62.4 Å². The topological polar surface area (TPSA) is 84.0 Å². The van der Waals surface area contributed by atoms with E-state index in [0.29, 0.717) is 29.2 Å². The molecule has 1 N–H and O–H groups in total. The molecule has 6 heteroatoms. The maximum absolute atomic E-state index is 9.51. The Labute approximate surface area is 188 Å². The first-order valence-electron chi connectivity index (χ1n) is 11.4. The van der Waals surface area contributed by atoms with Gasteiger partial charge in [-0.2, -0.15) is 10.2 Å².